The Morgan fingerprint density at radius 1 is 1.00 bits per heavy atom. The van der Waals surface area contributed by atoms with Gasteiger partial charge in [-0.05, 0) is 70.1 Å². The molecule has 4 bridgehead atoms. The fourth-order valence-corrected chi connectivity index (χ4v) is 5.74. The van der Waals surface area contributed by atoms with Crippen LogP contribution in [0.3, 0.4) is 0 Å². The Bertz CT molecular complexity index is 378. The average Bonchev–Trinajstić information content (AvgIpc) is 2.12. The molecule has 0 radical (unpaired) electrons. The van der Waals surface area contributed by atoms with Gasteiger partial charge in [-0.1, -0.05) is 0 Å². The predicted molar refractivity (Wildman–Crippen MR) is 68.1 cm³/mol. The number of nitrogens with one attached hydrogen (secondary N) is 1. The van der Waals surface area contributed by atoms with Crippen molar-refractivity contribution in [3.8, 4) is 0 Å². The summed E-state index contributed by atoms with van der Waals surface area (Å²) in [6, 6.07) is 0. The van der Waals surface area contributed by atoms with Gasteiger partial charge in [-0.3, -0.25) is 0 Å². The van der Waals surface area contributed by atoms with Gasteiger partial charge < -0.3 is 0 Å². The van der Waals surface area contributed by atoms with Gasteiger partial charge in [-0.25, -0.2) is 13.1 Å². The second-order valence-corrected chi connectivity index (χ2v) is 9.13. The molecule has 0 unspecified atom stereocenters. The van der Waals surface area contributed by atoms with Crippen molar-refractivity contribution in [1.29, 1.82) is 0 Å². The number of hydrogen-bond donors (Lipinski definition) is 1. The van der Waals surface area contributed by atoms with Gasteiger partial charge >= 0.3 is 0 Å². The third-order valence-electron chi connectivity index (χ3n) is 5.02. The minimum atomic E-state index is -3.11. The fraction of sp³-hybridized carbons (Fsp3) is 1.00. The minimum Gasteiger partial charge on any atom is -0.212 e. The highest BCUT2D eigenvalue weighted by Crippen LogP contribution is 2.55. The molecule has 0 aromatic carbocycles. The molecule has 4 fully saturated rings. The highest BCUT2D eigenvalue weighted by molar-refractivity contribution is 7.90. The summed E-state index contributed by atoms with van der Waals surface area (Å²) in [6.45, 7) is 3.53. The predicted octanol–water partition coefficient (Wildman–Crippen LogP) is 2.28. The Kier molecular flexibility index (Phi) is 2.61. The molecular weight excluding hydrogens is 234 g/mol. The van der Waals surface area contributed by atoms with Crippen LogP contribution in [0.4, 0.5) is 0 Å². The topological polar surface area (TPSA) is 46.2 Å². The molecule has 0 atom stereocenters. The third-order valence-corrected chi connectivity index (χ3v) is 6.98. The normalized spacial score (nSPS) is 44.5. The van der Waals surface area contributed by atoms with Crippen molar-refractivity contribution in [2.75, 3.05) is 0 Å². The van der Waals surface area contributed by atoms with Crippen molar-refractivity contribution >= 4 is 10.0 Å². The maximum atomic E-state index is 12.1. The van der Waals surface area contributed by atoms with Crippen LogP contribution in [0.25, 0.3) is 0 Å². The van der Waals surface area contributed by atoms with Gasteiger partial charge in [-0.2, -0.15) is 0 Å². The molecule has 0 heterocycles. The molecule has 0 spiro atoms. The van der Waals surface area contributed by atoms with Gasteiger partial charge in [0.1, 0.15) is 0 Å². The molecule has 0 aromatic rings. The highest BCUT2D eigenvalue weighted by Gasteiger charge is 2.52. The largest absolute Gasteiger partial charge is 0.214 e. The summed E-state index contributed by atoms with van der Waals surface area (Å²) in [7, 11) is -3.11. The number of rotatable bonds is 3. The van der Waals surface area contributed by atoms with E-state index in [-0.39, 0.29) is 10.8 Å². The Hall–Kier alpha value is -0.0900. The van der Waals surface area contributed by atoms with Gasteiger partial charge in [0.05, 0.1) is 5.25 Å². The SMILES string of the molecule is CC(C)S(=O)(=O)NC12CC3CC(CC(C3)C1)C2. The lowest BCUT2D eigenvalue weighted by molar-refractivity contribution is -0.00819. The van der Waals surface area contributed by atoms with E-state index in [4.69, 9.17) is 0 Å². The molecule has 0 aliphatic heterocycles. The van der Waals surface area contributed by atoms with E-state index in [9.17, 15) is 8.42 Å². The van der Waals surface area contributed by atoms with E-state index in [0.29, 0.717) is 0 Å². The van der Waals surface area contributed by atoms with Crippen LogP contribution in [-0.2, 0) is 10.0 Å². The van der Waals surface area contributed by atoms with E-state index in [2.05, 4.69) is 4.72 Å². The van der Waals surface area contributed by atoms with Crippen LogP contribution in [0.2, 0.25) is 0 Å². The lowest BCUT2D eigenvalue weighted by Gasteiger charge is -2.56. The third kappa shape index (κ3) is 2.03. The van der Waals surface area contributed by atoms with Crippen molar-refractivity contribution < 1.29 is 8.42 Å². The molecule has 98 valence electrons. The highest BCUT2D eigenvalue weighted by atomic mass is 32.2. The Morgan fingerprint density at radius 3 is 1.76 bits per heavy atom. The van der Waals surface area contributed by atoms with Gasteiger partial charge in [-0.15, -0.1) is 0 Å². The molecule has 4 rings (SSSR count). The molecular formula is C13H23NO2S. The first-order valence-corrected chi connectivity index (χ1v) is 8.46. The van der Waals surface area contributed by atoms with E-state index in [1.165, 1.54) is 19.3 Å². The summed E-state index contributed by atoms with van der Waals surface area (Å²) in [5, 5.41) is -0.310. The molecule has 17 heavy (non-hydrogen) atoms. The Balaban J connectivity index is 1.83. The maximum absolute atomic E-state index is 12.1. The summed E-state index contributed by atoms with van der Waals surface area (Å²) < 4.78 is 27.3. The van der Waals surface area contributed by atoms with Crippen molar-refractivity contribution in [1.82, 2.24) is 4.72 Å². The Morgan fingerprint density at radius 2 is 1.41 bits per heavy atom. The molecule has 0 amide bonds. The van der Waals surface area contributed by atoms with Crippen LogP contribution in [0.5, 0.6) is 0 Å². The van der Waals surface area contributed by atoms with E-state index in [1.54, 1.807) is 13.8 Å². The lowest BCUT2D eigenvalue weighted by atomic mass is 9.53. The van der Waals surface area contributed by atoms with Crippen LogP contribution >= 0.6 is 0 Å². The van der Waals surface area contributed by atoms with Crippen molar-refractivity contribution in [2.24, 2.45) is 17.8 Å². The van der Waals surface area contributed by atoms with Crippen LogP contribution in [0.15, 0.2) is 0 Å². The van der Waals surface area contributed by atoms with E-state index in [1.807, 2.05) is 0 Å². The van der Waals surface area contributed by atoms with Crippen LogP contribution < -0.4 is 4.72 Å². The summed E-state index contributed by atoms with van der Waals surface area (Å²) in [5.74, 6) is 2.36. The summed E-state index contributed by atoms with van der Waals surface area (Å²) >= 11 is 0. The van der Waals surface area contributed by atoms with Crippen molar-refractivity contribution in [3.63, 3.8) is 0 Å². The van der Waals surface area contributed by atoms with Gasteiger partial charge in [0.2, 0.25) is 10.0 Å². The average molecular weight is 257 g/mol. The van der Waals surface area contributed by atoms with E-state index < -0.39 is 10.0 Å². The van der Waals surface area contributed by atoms with Crippen LogP contribution in [-0.4, -0.2) is 19.2 Å². The summed E-state index contributed by atoms with van der Waals surface area (Å²) in [6.07, 6.45) is 7.31. The first kappa shape index (κ1) is 12.0. The van der Waals surface area contributed by atoms with Crippen LogP contribution in [0, 0.1) is 17.8 Å². The quantitative estimate of drug-likeness (QED) is 0.843. The summed E-state index contributed by atoms with van der Waals surface area (Å²) in [5.41, 5.74) is -0.0716. The monoisotopic (exact) mass is 257 g/mol. The molecule has 4 saturated carbocycles. The molecule has 0 saturated heterocycles. The smallest absolute Gasteiger partial charge is 0.212 e. The van der Waals surface area contributed by atoms with Crippen LogP contribution in [0.1, 0.15) is 52.4 Å². The van der Waals surface area contributed by atoms with E-state index in [0.717, 1.165) is 37.0 Å². The maximum Gasteiger partial charge on any atom is 0.214 e. The van der Waals surface area contributed by atoms with Crippen molar-refractivity contribution in [2.45, 2.75) is 63.2 Å². The van der Waals surface area contributed by atoms with Gasteiger partial charge in [0.15, 0.2) is 0 Å². The standard InChI is InChI=1S/C13H23NO2S/c1-9(2)17(15,16)14-13-6-10-3-11(7-13)5-12(4-10)8-13/h9-12,14H,3-8H2,1-2H3. The molecule has 4 aliphatic rings. The van der Waals surface area contributed by atoms with E-state index >= 15 is 0 Å². The zero-order valence-corrected chi connectivity index (χ0v) is 11.6. The molecule has 4 heteroatoms. The zero-order chi connectivity index (χ0) is 12.3. The zero-order valence-electron chi connectivity index (χ0n) is 10.8. The fourth-order valence-electron chi connectivity index (χ4n) is 4.66. The second kappa shape index (κ2) is 3.70. The lowest BCUT2D eigenvalue weighted by Crippen LogP contribution is -2.60. The molecule has 1 N–H and O–H groups in total. The molecule has 0 aromatic heterocycles. The number of hydrogen-bond acceptors (Lipinski definition) is 2. The molecule has 3 nitrogen and oxygen atoms in total. The minimum absolute atomic E-state index is 0.0716. The van der Waals surface area contributed by atoms with Gasteiger partial charge in [0, 0.05) is 5.54 Å². The molecule has 4 aliphatic carbocycles. The summed E-state index contributed by atoms with van der Waals surface area (Å²) in [4.78, 5) is 0. The number of sulfonamides is 1. The van der Waals surface area contributed by atoms with Crippen molar-refractivity contribution in [3.05, 3.63) is 0 Å². The first-order chi connectivity index (χ1) is 7.89. The Labute approximate surface area is 104 Å². The first-order valence-electron chi connectivity index (χ1n) is 6.91. The van der Waals surface area contributed by atoms with Gasteiger partial charge in [0.25, 0.3) is 0 Å². The second-order valence-electron chi connectivity index (χ2n) is 6.89.